The molecule has 0 saturated carbocycles. The van der Waals surface area contributed by atoms with Gasteiger partial charge in [0.1, 0.15) is 17.7 Å². The second-order valence-electron chi connectivity index (χ2n) is 6.00. The Hall–Kier alpha value is -2.63. The summed E-state index contributed by atoms with van der Waals surface area (Å²) < 4.78 is 27.7. The summed E-state index contributed by atoms with van der Waals surface area (Å²) >= 11 is 1.44. The molecule has 0 amide bonds. The van der Waals surface area contributed by atoms with Crippen molar-refractivity contribution in [3.8, 4) is 11.1 Å². The Morgan fingerprint density at radius 1 is 1.15 bits per heavy atom. The van der Waals surface area contributed by atoms with Gasteiger partial charge in [-0.05, 0) is 35.6 Å². The van der Waals surface area contributed by atoms with Crippen molar-refractivity contribution < 1.29 is 13.9 Å². The highest BCUT2D eigenvalue weighted by molar-refractivity contribution is 7.11. The molecule has 0 spiro atoms. The molecule has 0 bridgehead atoms. The van der Waals surface area contributed by atoms with Crippen LogP contribution in [0, 0.1) is 11.6 Å². The van der Waals surface area contributed by atoms with Gasteiger partial charge >= 0.3 is 0 Å². The Balaban J connectivity index is 1.91. The first kappa shape index (κ1) is 16.8. The molecule has 2 aromatic heterocycles. The maximum Gasteiger partial charge on any atom is 0.133 e. The summed E-state index contributed by atoms with van der Waals surface area (Å²) in [5, 5.41) is 12.8. The second-order valence-corrected chi connectivity index (χ2v) is 6.88. The van der Waals surface area contributed by atoms with Gasteiger partial charge in [0.2, 0.25) is 0 Å². The minimum absolute atomic E-state index is 0.273. The number of allylic oxidation sites excluding steroid dienone is 4. The lowest BCUT2D eigenvalue weighted by atomic mass is 9.93. The van der Waals surface area contributed by atoms with E-state index in [1.165, 1.54) is 23.5 Å². The van der Waals surface area contributed by atoms with Gasteiger partial charge in [0.15, 0.2) is 0 Å². The molecule has 1 aromatic carbocycles. The number of pyridine rings is 1. The Morgan fingerprint density at radius 2 is 2.04 bits per heavy atom. The van der Waals surface area contributed by atoms with Crippen LogP contribution in [0.5, 0.6) is 0 Å². The molecule has 2 heterocycles. The maximum absolute atomic E-state index is 14.4. The summed E-state index contributed by atoms with van der Waals surface area (Å²) in [6.07, 6.45) is 9.19. The molecule has 130 valence electrons. The molecule has 5 heteroatoms. The number of hydrogen-bond donors (Lipinski definition) is 1. The predicted molar refractivity (Wildman–Crippen MR) is 99.7 cm³/mol. The third-order valence-corrected chi connectivity index (χ3v) is 5.40. The fourth-order valence-electron chi connectivity index (χ4n) is 3.11. The minimum atomic E-state index is -0.959. The van der Waals surface area contributed by atoms with E-state index in [0.717, 1.165) is 22.9 Å². The highest BCUT2D eigenvalue weighted by Gasteiger charge is 2.25. The van der Waals surface area contributed by atoms with Crippen molar-refractivity contribution in [1.82, 2.24) is 4.98 Å². The fourth-order valence-corrected chi connectivity index (χ4v) is 4.24. The molecule has 3 aromatic rings. The minimum Gasteiger partial charge on any atom is -0.384 e. The number of aliphatic hydroxyl groups is 1. The van der Waals surface area contributed by atoms with E-state index in [0.29, 0.717) is 16.7 Å². The number of aliphatic hydroxyl groups excluding tert-OH is 1. The number of aromatic nitrogens is 1. The topological polar surface area (TPSA) is 33.1 Å². The van der Waals surface area contributed by atoms with E-state index in [9.17, 15) is 13.9 Å². The zero-order valence-corrected chi connectivity index (χ0v) is 14.5. The average molecular weight is 367 g/mol. The van der Waals surface area contributed by atoms with E-state index in [1.807, 2.05) is 17.5 Å². The van der Waals surface area contributed by atoms with Crippen LogP contribution in [0.2, 0.25) is 0 Å². The van der Waals surface area contributed by atoms with Crippen LogP contribution in [0.25, 0.3) is 16.7 Å². The molecule has 1 unspecified atom stereocenters. The number of halogens is 2. The van der Waals surface area contributed by atoms with E-state index < -0.39 is 17.7 Å². The van der Waals surface area contributed by atoms with Crippen molar-refractivity contribution in [3.05, 3.63) is 94.0 Å². The fraction of sp³-hybridized carbons (Fsp3) is 0.0952. The number of rotatable bonds is 4. The number of nitrogens with zero attached hydrogens (tertiary/aromatic N) is 1. The lowest BCUT2D eigenvalue weighted by molar-refractivity contribution is 0.220. The van der Waals surface area contributed by atoms with Crippen LogP contribution in [0.15, 0.2) is 66.3 Å². The standard InChI is InChI=1S/C21H15F2NOS/c22-15-7-8-16(18(23)10-15)17-12-26-21(13-4-1-2-5-13)19(17)20(25)14-6-3-9-24-11-14/h1,3-12,20,25H,2H2. The van der Waals surface area contributed by atoms with Gasteiger partial charge in [0.05, 0.1) is 0 Å². The zero-order valence-electron chi connectivity index (χ0n) is 13.7. The molecule has 26 heavy (non-hydrogen) atoms. The van der Waals surface area contributed by atoms with E-state index in [2.05, 4.69) is 11.1 Å². The predicted octanol–water partition coefficient (Wildman–Crippen LogP) is 5.51. The molecule has 1 N–H and O–H groups in total. The van der Waals surface area contributed by atoms with Gasteiger partial charge in [0.25, 0.3) is 0 Å². The van der Waals surface area contributed by atoms with Crippen molar-refractivity contribution in [3.63, 3.8) is 0 Å². The van der Waals surface area contributed by atoms with Gasteiger partial charge in [-0.15, -0.1) is 11.3 Å². The van der Waals surface area contributed by atoms with Gasteiger partial charge < -0.3 is 5.11 Å². The van der Waals surface area contributed by atoms with Crippen LogP contribution in [0.1, 0.15) is 28.5 Å². The molecule has 1 aliphatic carbocycles. The quantitative estimate of drug-likeness (QED) is 0.659. The lowest BCUT2D eigenvalue weighted by Crippen LogP contribution is -2.03. The molecule has 0 fully saturated rings. The van der Waals surface area contributed by atoms with E-state index in [-0.39, 0.29) is 5.56 Å². The third-order valence-electron chi connectivity index (χ3n) is 4.36. The average Bonchev–Trinajstić information content (AvgIpc) is 3.31. The van der Waals surface area contributed by atoms with Gasteiger partial charge in [-0.3, -0.25) is 4.98 Å². The normalized spacial score (nSPS) is 14.5. The monoisotopic (exact) mass is 367 g/mol. The number of benzene rings is 1. The molecule has 0 aliphatic heterocycles. The first-order chi connectivity index (χ1) is 12.6. The van der Waals surface area contributed by atoms with Crippen LogP contribution in [-0.2, 0) is 0 Å². The van der Waals surface area contributed by atoms with Gasteiger partial charge in [0, 0.05) is 45.6 Å². The smallest absolute Gasteiger partial charge is 0.133 e. The Labute approximate surface area is 153 Å². The highest BCUT2D eigenvalue weighted by atomic mass is 32.1. The summed E-state index contributed by atoms with van der Waals surface area (Å²) in [4.78, 5) is 4.95. The second kappa shape index (κ2) is 6.94. The Bertz CT molecular complexity index is 1010. The van der Waals surface area contributed by atoms with E-state index in [4.69, 9.17) is 0 Å². The summed E-state index contributed by atoms with van der Waals surface area (Å²) in [5.74, 6) is -1.28. The van der Waals surface area contributed by atoms with Gasteiger partial charge in [-0.25, -0.2) is 8.78 Å². The number of thiophene rings is 1. The molecular weight excluding hydrogens is 352 g/mol. The zero-order chi connectivity index (χ0) is 18.1. The summed E-state index contributed by atoms with van der Waals surface area (Å²) in [6.45, 7) is 0. The van der Waals surface area contributed by atoms with E-state index in [1.54, 1.807) is 24.5 Å². The van der Waals surface area contributed by atoms with Crippen LogP contribution in [0.4, 0.5) is 8.78 Å². The van der Waals surface area contributed by atoms with Crippen LogP contribution < -0.4 is 0 Å². The molecule has 0 radical (unpaired) electrons. The Morgan fingerprint density at radius 3 is 2.73 bits per heavy atom. The Kier molecular flexibility index (Phi) is 4.49. The van der Waals surface area contributed by atoms with Crippen molar-refractivity contribution in [2.45, 2.75) is 12.5 Å². The third kappa shape index (κ3) is 3.00. The first-order valence-electron chi connectivity index (χ1n) is 8.17. The SMILES string of the molecule is OC(c1cccnc1)c1c(-c2ccc(F)cc2F)csc1C1=CCC=C1. The largest absolute Gasteiger partial charge is 0.384 e. The summed E-state index contributed by atoms with van der Waals surface area (Å²) in [5.41, 5.74) is 3.08. The maximum atomic E-state index is 14.4. The molecular formula is C21H15F2NOS. The first-order valence-corrected chi connectivity index (χ1v) is 9.05. The molecule has 1 atom stereocenters. The van der Waals surface area contributed by atoms with Crippen LogP contribution >= 0.6 is 11.3 Å². The number of hydrogen-bond acceptors (Lipinski definition) is 3. The highest BCUT2D eigenvalue weighted by Crippen LogP contribution is 2.43. The molecule has 1 aliphatic rings. The summed E-state index contributed by atoms with van der Waals surface area (Å²) in [6, 6.07) is 7.03. The van der Waals surface area contributed by atoms with Crippen LogP contribution in [-0.4, -0.2) is 10.1 Å². The van der Waals surface area contributed by atoms with Crippen molar-refractivity contribution in [1.29, 1.82) is 0 Å². The van der Waals surface area contributed by atoms with Crippen molar-refractivity contribution >= 4 is 16.9 Å². The van der Waals surface area contributed by atoms with Gasteiger partial charge in [-0.2, -0.15) is 0 Å². The van der Waals surface area contributed by atoms with Crippen LogP contribution in [0.3, 0.4) is 0 Å². The molecule has 4 rings (SSSR count). The van der Waals surface area contributed by atoms with Crippen molar-refractivity contribution in [2.24, 2.45) is 0 Å². The van der Waals surface area contributed by atoms with Crippen molar-refractivity contribution in [2.75, 3.05) is 0 Å². The molecule has 0 saturated heterocycles. The summed E-state index contributed by atoms with van der Waals surface area (Å²) in [7, 11) is 0. The van der Waals surface area contributed by atoms with Gasteiger partial charge in [-0.1, -0.05) is 24.3 Å². The lowest BCUT2D eigenvalue weighted by Gasteiger charge is -2.16. The molecule has 2 nitrogen and oxygen atoms in total. The van der Waals surface area contributed by atoms with E-state index >= 15 is 0 Å².